The van der Waals surface area contributed by atoms with Crippen molar-refractivity contribution in [3.8, 4) is 5.75 Å². The van der Waals surface area contributed by atoms with Crippen LogP contribution in [0.5, 0.6) is 5.75 Å². The van der Waals surface area contributed by atoms with Gasteiger partial charge in [-0.05, 0) is 47.7 Å². The van der Waals surface area contributed by atoms with Gasteiger partial charge in [0, 0.05) is 64.3 Å². The summed E-state index contributed by atoms with van der Waals surface area (Å²) >= 11 is 0. The van der Waals surface area contributed by atoms with Crippen LogP contribution >= 0.6 is 0 Å². The summed E-state index contributed by atoms with van der Waals surface area (Å²) in [6.45, 7) is 11.8. The Morgan fingerprint density at radius 3 is 2.30 bits per heavy atom. The van der Waals surface area contributed by atoms with Crippen molar-refractivity contribution in [1.29, 1.82) is 0 Å². The highest BCUT2D eigenvalue weighted by atomic mass is 16.5. The number of carbonyl (C=O) groups is 3. The topological polar surface area (TPSA) is 94.2 Å². The maximum atomic E-state index is 13.3. The molecule has 9 nitrogen and oxygen atoms in total. The molecule has 0 bridgehead atoms. The quantitative estimate of drug-likeness (QED) is 0.550. The van der Waals surface area contributed by atoms with E-state index in [1.54, 1.807) is 13.2 Å². The van der Waals surface area contributed by atoms with Gasteiger partial charge in [-0.25, -0.2) is 0 Å². The number of methoxy groups -OCH3 is 1. The fourth-order valence-corrected chi connectivity index (χ4v) is 5.19. The number of ether oxygens (including phenoxy) is 1. The molecule has 4 rings (SSSR count). The molecular weight excluding hydrogens is 506 g/mol. The number of piperazine rings is 1. The second kappa shape index (κ2) is 13.2. The molecule has 40 heavy (non-hydrogen) atoms. The molecule has 2 saturated heterocycles. The van der Waals surface area contributed by atoms with E-state index in [0.29, 0.717) is 50.4 Å². The maximum absolute atomic E-state index is 13.3. The first-order valence-corrected chi connectivity index (χ1v) is 14.2. The van der Waals surface area contributed by atoms with Crippen molar-refractivity contribution in [2.24, 2.45) is 5.41 Å². The summed E-state index contributed by atoms with van der Waals surface area (Å²) in [5, 5.41) is 6.37. The predicted molar refractivity (Wildman–Crippen MR) is 158 cm³/mol. The van der Waals surface area contributed by atoms with Gasteiger partial charge in [-0.2, -0.15) is 0 Å². The molecule has 9 heteroatoms. The minimum absolute atomic E-state index is 0.0338. The van der Waals surface area contributed by atoms with Gasteiger partial charge in [0.1, 0.15) is 5.75 Å². The fourth-order valence-electron chi connectivity index (χ4n) is 5.19. The number of amides is 3. The van der Waals surface area contributed by atoms with Crippen molar-refractivity contribution in [2.75, 3.05) is 69.7 Å². The molecule has 0 saturated carbocycles. The first-order chi connectivity index (χ1) is 19.1. The van der Waals surface area contributed by atoms with E-state index >= 15 is 0 Å². The molecule has 2 fully saturated rings. The summed E-state index contributed by atoms with van der Waals surface area (Å²) < 4.78 is 5.22. The zero-order valence-corrected chi connectivity index (χ0v) is 24.3. The molecule has 2 aliphatic rings. The van der Waals surface area contributed by atoms with E-state index in [-0.39, 0.29) is 29.6 Å². The second-order valence-corrected chi connectivity index (χ2v) is 11.8. The average molecular weight is 550 g/mol. The van der Waals surface area contributed by atoms with Crippen molar-refractivity contribution in [1.82, 2.24) is 15.1 Å². The smallest absolute Gasteiger partial charge is 0.254 e. The molecule has 0 spiro atoms. The van der Waals surface area contributed by atoms with E-state index in [0.717, 1.165) is 43.1 Å². The van der Waals surface area contributed by atoms with Crippen LogP contribution in [0.25, 0.3) is 0 Å². The number of anilines is 2. The van der Waals surface area contributed by atoms with Crippen LogP contribution in [0.3, 0.4) is 0 Å². The Kier molecular flexibility index (Phi) is 9.68. The van der Waals surface area contributed by atoms with Crippen LogP contribution in [0, 0.1) is 5.41 Å². The van der Waals surface area contributed by atoms with E-state index in [4.69, 9.17) is 4.74 Å². The van der Waals surface area contributed by atoms with Crippen LogP contribution in [0.2, 0.25) is 0 Å². The summed E-state index contributed by atoms with van der Waals surface area (Å²) in [5.74, 6) is 0.726. The predicted octanol–water partition coefficient (Wildman–Crippen LogP) is 3.40. The Hall–Kier alpha value is -3.59. The minimum Gasteiger partial charge on any atom is -0.497 e. The van der Waals surface area contributed by atoms with Gasteiger partial charge < -0.3 is 30.1 Å². The van der Waals surface area contributed by atoms with Crippen LogP contribution in [0.4, 0.5) is 11.4 Å². The third-order valence-corrected chi connectivity index (χ3v) is 7.32. The van der Waals surface area contributed by atoms with Crippen LogP contribution in [-0.2, 0) is 16.0 Å². The van der Waals surface area contributed by atoms with E-state index in [2.05, 4.69) is 36.3 Å². The Morgan fingerprint density at radius 2 is 1.62 bits per heavy atom. The lowest BCUT2D eigenvalue weighted by atomic mass is 9.91. The van der Waals surface area contributed by atoms with Gasteiger partial charge in [0.2, 0.25) is 11.8 Å². The van der Waals surface area contributed by atoms with Gasteiger partial charge in [0.25, 0.3) is 5.91 Å². The molecule has 0 atom stereocenters. The number of hydrogen-bond donors (Lipinski definition) is 2. The molecule has 0 aliphatic carbocycles. The lowest BCUT2D eigenvalue weighted by Gasteiger charge is -2.29. The van der Waals surface area contributed by atoms with Crippen molar-refractivity contribution in [2.45, 2.75) is 40.0 Å². The van der Waals surface area contributed by atoms with E-state index in [9.17, 15) is 14.4 Å². The molecule has 3 amide bonds. The van der Waals surface area contributed by atoms with Crippen molar-refractivity contribution < 1.29 is 19.1 Å². The van der Waals surface area contributed by atoms with E-state index < -0.39 is 0 Å². The number of nitrogens with one attached hydrogen (secondary N) is 2. The lowest BCUT2D eigenvalue weighted by Crippen LogP contribution is -2.46. The molecule has 216 valence electrons. The van der Waals surface area contributed by atoms with Crippen LogP contribution in [0.1, 0.15) is 49.5 Å². The zero-order chi connectivity index (χ0) is 28.7. The molecule has 0 radical (unpaired) electrons. The van der Waals surface area contributed by atoms with E-state index in [1.807, 2.05) is 46.2 Å². The maximum Gasteiger partial charge on any atom is 0.254 e. The molecule has 2 aliphatic heterocycles. The van der Waals surface area contributed by atoms with Crippen LogP contribution < -0.4 is 20.3 Å². The molecule has 2 heterocycles. The standard InChI is InChI=1S/C31H43N5O4/c1-31(2,3)22-29(38)35-15-5-14-34(18-19-35)27-11-8-24(30(39)36-16-12-32-13-17-36)21-26(27)33-28(37)20-23-6-9-25(40-4)10-7-23/h6-11,21,32H,5,12-20,22H2,1-4H3,(H,33,37). The molecule has 2 aromatic rings. The number of benzene rings is 2. The summed E-state index contributed by atoms with van der Waals surface area (Å²) in [7, 11) is 1.61. The first kappa shape index (κ1) is 29.4. The van der Waals surface area contributed by atoms with Crippen molar-refractivity contribution in [3.63, 3.8) is 0 Å². The van der Waals surface area contributed by atoms with Crippen molar-refractivity contribution in [3.05, 3.63) is 53.6 Å². The Balaban J connectivity index is 1.54. The third-order valence-electron chi connectivity index (χ3n) is 7.32. The van der Waals surface area contributed by atoms with Gasteiger partial charge in [-0.1, -0.05) is 32.9 Å². The molecular formula is C31H43N5O4. The summed E-state index contributed by atoms with van der Waals surface area (Å²) in [6, 6.07) is 13.0. The molecule has 2 N–H and O–H groups in total. The van der Waals surface area contributed by atoms with Gasteiger partial charge >= 0.3 is 0 Å². The highest BCUT2D eigenvalue weighted by molar-refractivity contribution is 6.00. The Bertz CT molecular complexity index is 1190. The molecule has 0 unspecified atom stereocenters. The highest BCUT2D eigenvalue weighted by Crippen LogP contribution is 2.30. The minimum atomic E-state index is -0.157. The number of rotatable bonds is 7. The SMILES string of the molecule is COc1ccc(CC(=O)Nc2cc(C(=O)N3CCNCC3)ccc2N2CCCN(C(=O)CC(C)(C)C)CC2)cc1. The second-order valence-electron chi connectivity index (χ2n) is 11.8. The van der Waals surface area contributed by atoms with Gasteiger partial charge in [0.05, 0.1) is 24.9 Å². The summed E-state index contributed by atoms with van der Waals surface area (Å²) in [6.07, 6.45) is 1.55. The van der Waals surface area contributed by atoms with E-state index in [1.165, 1.54) is 0 Å². The first-order valence-electron chi connectivity index (χ1n) is 14.2. The third kappa shape index (κ3) is 7.97. The van der Waals surface area contributed by atoms with Gasteiger partial charge in [-0.3, -0.25) is 14.4 Å². The Morgan fingerprint density at radius 1 is 0.900 bits per heavy atom. The number of hydrogen-bond acceptors (Lipinski definition) is 6. The van der Waals surface area contributed by atoms with Crippen LogP contribution in [0.15, 0.2) is 42.5 Å². The lowest BCUT2D eigenvalue weighted by molar-refractivity contribution is -0.132. The highest BCUT2D eigenvalue weighted by Gasteiger charge is 2.26. The monoisotopic (exact) mass is 549 g/mol. The van der Waals surface area contributed by atoms with Crippen LogP contribution in [-0.4, -0.2) is 87.0 Å². The van der Waals surface area contributed by atoms with Crippen molar-refractivity contribution >= 4 is 29.1 Å². The van der Waals surface area contributed by atoms with Gasteiger partial charge in [0.15, 0.2) is 0 Å². The fraction of sp³-hybridized carbons (Fsp3) is 0.516. The zero-order valence-electron chi connectivity index (χ0n) is 24.3. The number of nitrogens with zero attached hydrogens (tertiary/aromatic N) is 3. The normalized spacial score (nSPS) is 16.4. The Labute approximate surface area is 237 Å². The average Bonchev–Trinajstić information content (AvgIpc) is 3.19. The summed E-state index contributed by atoms with van der Waals surface area (Å²) in [4.78, 5) is 45.4. The molecule has 0 aromatic heterocycles. The van der Waals surface area contributed by atoms with Gasteiger partial charge in [-0.15, -0.1) is 0 Å². The largest absolute Gasteiger partial charge is 0.497 e. The molecule has 2 aromatic carbocycles. The number of carbonyl (C=O) groups excluding carboxylic acids is 3. The summed E-state index contributed by atoms with van der Waals surface area (Å²) in [5.41, 5.74) is 2.86.